The number of hydrazone groups is 1. The minimum Gasteiger partial charge on any atom is -1.00 e. The Morgan fingerprint density at radius 1 is 1.16 bits per heavy atom. The number of fused-ring (bicyclic) bond motifs is 1. The third-order valence-electron chi connectivity index (χ3n) is 4.83. The highest BCUT2D eigenvalue weighted by Crippen LogP contribution is 2.29. The van der Waals surface area contributed by atoms with Gasteiger partial charge in [0.15, 0.2) is 0 Å². The number of thioether (sulfide) groups is 1. The Hall–Kier alpha value is -1.98. The zero-order valence-electron chi connectivity index (χ0n) is 18.6. The van der Waals surface area contributed by atoms with Crippen LogP contribution in [0.2, 0.25) is 0 Å². The first-order valence-corrected chi connectivity index (χ1v) is 12.1. The summed E-state index contributed by atoms with van der Waals surface area (Å²) in [6, 6.07) is 18.8. The number of aryl methyl sites for hydroxylation is 2. The van der Waals surface area contributed by atoms with Gasteiger partial charge in [0.25, 0.3) is 0 Å². The fourth-order valence-corrected chi connectivity index (χ4v) is 4.75. The van der Waals surface area contributed by atoms with Crippen molar-refractivity contribution in [3.05, 3.63) is 76.3 Å². The molecule has 3 aromatic rings. The van der Waals surface area contributed by atoms with E-state index in [1.807, 2.05) is 41.7 Å². The van der Waals surface area contributed by atoms with Crippen molar-refractivity contribution in [2.45, 2.75) is 40.4 Å². The summed E-state index contributed by atoms with van der Waals surface area (Å²) < 4.78 is 2.01. The predicted octanol–water partition coefficient (Wildman–Crippen LogP) is 1.97. The molecule has 0 saturated carbocycles. The van der Waals surface area contributed by atoms with Crippen LogP contribution >= 0.6 is 23.1 Å². The van der Waals surface area contributed by atoms with Gasteiger partial charge in [-0.2, -0.15) is 15.4 Å². The van der Waals surface area contributed by atoms with Gasteiger partial charge >= 0.3 is 11.1 Å². The first-order chi connectivity index (χ1) is 15.0. The van der Waals surface area contributed by atoms with Crippen molar-refractivity contribution in [2.24, 2.45) is 10.1 Å². The Balaban J connectivity index is 0.00000289. The monoisotopic (exact) mass is 578 g/mol. The maximum atomic E-state index is 4.97. The Morgan fingerprint density at radius 3 is 2.56 bits per heavy atom. The molecule has 9 heteroatoms. The van der Waals surface area contributed by atoms with Crippen molar-refractivity contribution in [1.82, 2.24) is 10.1 Å². The van der Waals surface area contributed by atoms with E-state index < -0.39 is 0 Å². The molecule has 1 aliphatic heterocycles. The second-order valence-electron chi connectivity index (χ2n) is 7.30. The molecule has 6 nitrogen and oxygen atoms in total. The standard InChI is InChI=1S/C23H26N6S2.HI/c1-5-30-17(3)26-28-21(20-13-11-16(2)12-14-20)29-23(31-18(4)27-29)25-22(28)24-15-19-9-7-6-8-10-19;/h6-14,21H,5,15H2,1-4H3;1H. The van der Waals surface area contributed by atoms with Gasteiger partial charge in [-0.1, -0.05) is 76.9 Å². The highest BCUT2D eigenvalue weighted by atomic mass is 127. The lowest BCUT2D eigenvalue weighted by atomic mass is 10.1. The summed E-state index contributed by atoms with van der Waals surface area (Å²) in [7, 11) is 0. The molecule has 1 aromatic heterocycles. The number of hydrogen-bond donors (Lipinski definition) is 1. The quantitative estimate of drug-likeness (QED) is 0.218. The molecule has 168 valence electrons. The van der Waals surface area contributed by atoms with Gasteiger partial charge in [0.05, 0.1) is 11.6 Å². The van der Waals surface area contributed by atoms with Crippen molar-refractivity contribution in [3.63, 3.8) is 0 Å². The van der Waals surface area contributed by atoms with Crippen LogP contribution in [-0.4, -0.2) is 26.9 Å². The molecular weight excluding hydrogens is 551 g/mol. The van der Waals surface area contributed by atoms with Crippen LogP contribution in [-0.2, 0) is 6.54 Å². The second kappa shape index (κ2) is 11.2. The van der Waals surface area contributed by atoms with Crippen LogP contribution in [0, 0.1) is 13.8 Å². The SMILES string of the molecule is CCSC(C)=NN1C(=NCc2ccccc2)Nc2sc(C)n[n+]2C1c1ccc(C)cc1.[I-]. The number of benzene rings is 2. The Bertz CT molecular complexity index is 1100. The summed E-state index contributed by atoms with van der Waals surface area (Å²) in [6.07, 6.45) is -0.205. The molecule has 0 bridgehead atoms. The molecule has 4 rings (SSSR count). The normalized spacial score (nSPS) is 17.0. The van der Waals surface area contributed by atoms with Gasteiger partial charge < -0.3 is 24.0 Å². The fraction of sp³-hybridized carbons (Fsp3) is 0.304. The molecule has 0 fully saturated rings. The van der Waals surface area contributed by atoms with E-state index in [0.717, 1.165) is 38.0 Å². The molecule has 1 N–H and O–H groups in total. The first kappa shape index (κ1) is 24.7. The van der Waals surface area contributed by atoms with Crippen molar-refractivity contribution >= 4 is 39.2 Å². The lowest BCUT2D eigenvalue weighted by Gasteiger charge is -2.29. The van der Waals surface area contributed by atoms with Gasteiger partial charge in [-0.25, -0.2) is 4.99 Å². The van der Waals surface area contributed by atoms with Gasteiger partial charge in [-0.3, -0.25) is 0 Å². The van der Waals surface area contributed by atoms with Crippen molar-refractivity contribution < 1.29 is 28.7 Å². The zero-order chi connectivity index (χ0) is 21.8. The van der Waals surface area contributed by atoms with E-state index in [9.17, 15) is 0 Å². The molecule has 2 aromatic carbocycles. The second-order valence-corrected chi connectivity index (χ2v) is 9.94. The predicted molar refractivity (Wildman–Crippen MR) is 131 cm³/mol. The maximum absolute atomic E-state index is 4.97. The van der Waals surface area contributed by atoms with Gasteiger partial charge in [-0.05, 0) is 43.4 Å². The molecule has 1 unspecified atom stereocenters. The Labute approximate surface area is 214 Å². The van der Waals surface area contributed by atoms with E-state index in [-0.39, 0.29) is 30.1 Å². The van der Waals surface area contributed by atoms with Crippen LogP contribution in [0.4, 0.5) is 5.13 Å². The van der Waals surface area contributed by atoms with Crippen LogP contribution in [0.25, 0.3) is 0 Å². The molecule has 0 aliphatic carbocycles. The molecule has 1 aliphatic rings. The highest BCUT2D eigenvalue weighted by Gasteiger charge is 2.41. The summed E-state index contributed by atoms with van der Waals surface area (Å²) in [5, 5.41) is 18.1. The number of anilines is 1. The van der Waals surface area contributed by atoms with E-state index in [4.69, 9.17) is 15.2 Å². The largest absolute Gasteiger partial charge is 1.00 e. The number of aromatic nitrogens is 2. The number of nitrogens with zero attached hydrogens (tertiary/aromatic N) is 5. The van der Waals surface area contributed by atoms with Crippen LogP contribution < -0.4 is 34.0 Å². The van der Waals surface area contributed by atoms with Crippen LogP contribution in [0.3, 0.4) is 0 Å². The summed E-state index contributed by atoms with van der Waals surface area (Å²) in [5.74, 6) is 1.70. The van der Waals surface area contributed by atoms with Crippen molar-refractivity contribution in [2.75, 3.05) is 11.1 Å². The van der Waals surface area contributed by atoms with E-state index in [2.05, 4.69) is 55.6 Å². The average Bonchev–Trinajstić information content (AvgIpc) is 3.13. The molecule has 0 saturated heterocycles. The topological polar surface area (TPSA) is 56.8 Å². The van der Waals surface area contributed by atoms with Gasteiger partial charge in [-0.15, -0.1) is 11.8 Å². The smallest absolute Gasteiger partial charge is 0.366 e. The van der Waals surface area contributed by atoms with Crippen LogP contribution in [0.1, 0.15) is 41.7 Å². The summed E-state index contributed by atoms with van der Waals surface area (Å²) in [6.45, 7) is 8.88. The molecule has 32 heavy (non-hydrogen) atoms. The molecule has 2 heterocycles. The van der Waals surface area contributed by atoms with E-state index in [1.165, 1.54) is 5.56 Å². The number of guanidine groups is 1. The number of halogens is 1. The highest BCUT2D eigenvalue weighted by molar-refractivity contribution is 8.13. The van der Waals surface area contributed by atoms with E-state index in [0.29, 0.717) is 6.54 Å². The fourth-order valence-electron chi connectivity index (χ4n) is 3.40. The van der Waals surface area contributed by atoms with E-state index in [1.54, 1.807) is 23.1 Å². The van der Waals surface area contributed by atoms with Crippen LogP contribution in [0.5, 0.6) is 0 Å². The van der Waals surface area contributed by atoms with Gasteiger partial charge in [0.1, 0.15) is 5.01 Å². The minimum absolute atomic E-state index is 0. The lowest BCUT2D eigenvalue weighted by Crippen LogP contribution is -3.00. The van der Waals surface area contributed by atoms with Crippen molar-refractivity contribution in [1.29, 1.82) is 0 Å². The summed E-state index contributed by atoms with van der Waals surface area (Å²) in [5.41, 5.74) is 3.50. The maximum Gasteiger partial charge on any atom is 0.366 e. The van der Waals surface area contributed by atoms with Crippen LogP contribution in [0.15, 0.2) is 64.7 Å². The van der Waals surface area contributed by atoms with Crippen molar-refractivity contribution in [3.8, 4) is 0 Å². The number of aliphatic imine (C=N–C) groups is 1. The third-order valence-corrected chi connectivity index (χ3v) is 6.48. The van der Waals surface area contributed by atoms with Gasteiger partial charge in [0, 0.05) is 5.56 Å². The molecule has 0 radical (unpaired) electrons. The number of rotatable bonds is 5. The molecule has 0 amide bonds. The number of hydrogen-bond acceptors (Lipinski definition) is 5. The Kier molecular flexibility index (Phi) is 8.66. The lowest BCUT2D eigenvalue weighted by molar-refractivity contribution is -0.769. The number of nitrogens with one attached hydrogen (secondary N) is 1. The Morgan fingerprint density at radius 2 is 1.88 bits per heavy atom. The summed E-state index contributed by atoms with van der Waals surface area (Å²) >= 11 is 3.35. The first-order valence-electron chi connectivity index (χ1n) is 10.3. The summed E-state index contributed by atoms with van der Waals surface area (Å²) in [4.78, 5) is 4.93. The van der Waals surface area contributed by atoms with E-state index >= 15 is 0 Å². The molecule has 0 spiro atoms. The zero-order valence-corrected chi connectivity index (χ0v) is 22.4. The van der Waals surface area contributed by atoms with Gasteiger partial charge in [0.2, 0.25) is 6.17 Å². The average molecular weight is 579 g/mol. The molecular formula is C23H27IN6S2. The molecule has 1 atom stereocenters. The third kappa shape index (κ3) is 5.68. The minimum atomic E-state index is -0.205.